The SMILES string of the molecule is CCOC(=O)N1CC2(CC[C@@H](N3CCN(c4ncc(F)cc4-c4cccc5c4cnn5C)CC3)C2)C1. The van der Waals surface area contributed by atoms with Crippen LogP contribution in [0, 0.1) is 11.2 Å². The van der Waals surface area contributed by atoms with Gasteiger partial charge in [-0.05, 0) is 43.9 Å². The number of likely N-dealkylation sites (tertiary alicyclic amines) is 1. The predicted octanol–water partition coefficient (Wildman–Crippen LogP) is 3.91. The van der Waals surface area contributed by atoms with E-state index in [1.165, 1.54) is 19.0 Å². The highest BCUT2D eigenvalue weighted by atomic mass is 19.1. The Labute approximate surface area is 210 Å². The van der Waals surface area contributed by atoms with Crippen molar-refractivity contribution in [3.63, 3.8) is 0 Å². The van der Waals surface area contributed by atoms with Crippen molar-refractivity contribution >= 4 is 22.8 Å². The first-order valence-electron chi connectivity index (χ1n) is 12.9. The van der Waals surface area contributed by atoms with Crippen LogP contribution in [0.4, 0.5) is 15.0 Å². The summed E-state index contributed by atoms with van der Waals surface area (Å²) in [5.41, 5.74) is 3.05. The van der Waals surface area contributed by atoms with Crippen molar-refractivity contribution in [3.05, 3.63) is 42.5 Å². The van der Waals surface area contributed by atoms with Crippen molar-refractivity contribution in [2.75, 3.05) is 50.8 Å². The van der Waals surface area contributed by atoms with Gasteiger partial charge in [0.25, 0.3) is 0 Å². The van der Waals surface area contributed by atoms with Gasteiger partial charge in [0, 0.05) is 68.7 Å². The molecule has 2 aromatic heterocycles. The monoisotopic (exact) mass is 492 g/mol. The van der Waals surface area contributed by atoms with Crippen molar-refractivity contribution < 1.29 is 13.9 Å². The molecule has 0 bridgehead atoms. The van der Waals surface area contributed by atoms with Gasteiger partial charge in [-0.3, -0.25) is 9.58 Å². The highest BCUT2D eigenvalue weighted by molar-refractivity contribution is 5.97. The Bertz CT molecular complexity index is 1280. The highest BCUT2D eigenvalue weighted by Crippen LogP contribution is 2.47. The zero-order valence-electron chi connectivity index (χ0n) is 21.0. The van der Waals surface area contributed by atoms with Crippen molar-refractivity contribution in [2.45, 2.75) is 32.2 Å². The van der Waals surface area contributed by atoms with E-state index in [0.29, 0.717) is 12.6 Å². The molecule has 0 unspecified atom stereocenters. The van der Waals surface area contributed by atoms with Crippen LogP contribution in [0.2, 0.25) is 0 Å². The lowest BCUT2D eigenvalue weighted by molar-refractivity contribution is -0.00294. The number of anilines is 1. The normalized spacial score (nSPS) is 21.8. The maximum absolute atomic E-state index is 14.4. The number of fused-ring (bicyclic) bond motifs is 1. The van der Waals surface area contributed by atoms with E-state index in [9.17, 15) is 9.18 Å². The number of carbonyl (C=O) groups is 1. The van der Waals surface area contributed by atoms with Crippen molar-refractivity contribution in [3.8, 4) is 11.1 Å². The molecule has 3 aliphatic rings. The molecule has 2 aliphatic heterocycles. The van der Waals surface area contributed by atoms with E-state index in [1.54, 1.807) is 6.07 Å². The van der Waals surface area contributed by atoms with Crippen LogP contribution in [0.3, 0.4) is 0 Å². The van der Waals surface area contributed by atoms with Crippen LogP contribution in [-0.2, 0) is 11.8 Å². The van der Waals surface area contributed by atoms with Crippen molar-refractivity contribution in [1.82, 2.24) is 24.6 Å². The third-order valence-electron chi connectivity index (χ3n) is 8.30. The summed E-state index contributed by atoms with van der Waals surface area (Å²) in [6.07, 6.45) is 6.49. The van der Waals surface area contributed by atoms with E-state index in [0.717, 1.165) is 73.5 Å². The lowest BCUT2D eigenvalue weighted by atomic mass is 9.78. The van der Waals surface area contributed by atoms with Crippen LogP contribution in [0.1, 0.15) is 26.2 Å². The fraction of sp³-hybridized carbons (Fsp3) is 0.519. The number of aromatic nitrogens is 3. The van der Waals surface area contributed by atoms with E-state index in [2.05, 4.69) is 19.9 Å². The number of halogens is 1. The predicted molar refractivity (Wildman–Crippen MR) is 136 cm³/mol. The summed E-state index contributed by atoms with van der Waals surface area (Å²) in [6, 6.07) is 8.20. The number of piperazine rings is 1. The maximum atomic E-state index is 14.4. The molecule has 1 spiro atoms. The number of ether oxygens (including phenoxy) is 1. The molecule has 1 saturated carbocycles. The minimum atomic E-state index is -0.332. The Morgan fingerprint density at radius 2 is 1.97 bits per heavy atom. The Balaban J connectivity index is 1.14. The van der Waals surface area contributed by atoms with Crippen LogP contribution < -0.4 is 4.90 Å². The summed E-state index contributed by atoms with van der Waals surface area (Å²) in [5, 5.41) is 5.40. The molecule has 1 amide bonds. The number of carbonyl (C=O) groups excluding carboxylic acids is 1. The molecule has 36 heavy (non-hydrogen) atoms. The molecule has 1 aromatic carbocycles. The number of aryl methyl sites for hydroxylation is 1. The molecule has 3 aromatic rings. The lowest BCUT2D eigenvalue weighted by Gasteiger charge is -2.48. The van der Waals surface area contributed by atoms with Gasteiger partial charge in [0.05, 0.1) is 24.5 Å². The average Bonchev–Trinajstić information content (AvgIpc) is 3.48. The number of benzene rings is 1. The van der Waals surface area contributed by atoms with E-state index in [4.69, 9.17) is 4.74 Å². The lowest BCUT2D eigenvalue weighted by Crippen LogP contribution is -2.58. The number of rotatable bonds is 4. The fourth-order valence-corrected chi connectivity index (χ4v) is 6.48. The van der Waals surface area contributed by atoms with E-state index < -0.39 is 0 Å². The van der Waals surface area contributed by atoms with Crippen LogP contribution in [0.5, 0.6) is 0 Å². The summed E-state index contributed by atoms with van der Waals surface area (Å²) in [7, 11) is 1.92. The topological polar surface area (TPSA) is 66.7 Å². The Morgan fingerprint density at radius 1 is 1.17 bits per heavy atom. The van der Waals surface area contributed by atoms with Crippen LogP contribution in [-0.4, -0.2) is 82.6 Å². The molecule has 9 heteroatoms. The van der Waals surface area contributed by atoms with Crippen LogP contribution >= 0.6 is 0 Å². The largest absolute Gasteiger partial charge is 0.450 e. The van der Waals surface area contributed by atoms with E-state index >= 15 is 0 Å². The standard InChI is InChI=1S/C27H33FN6O2/c1-3-36-26(35)34-17-27(18-34)8-7-20(14-27)32-9-11-33(12-10-32)25-22(13-19(28)15-29-25)21-5-4-6-24-23(21)16-30-31(24)2/h4-6,13,15-16,20H,3,7-12,14,17-18H2,1-2H3/t20-/m1/s1. The van der Waals surface area contributed by atoms with Gasteiger partial charge in [-0.15, -0.1) is 0 Å². The quantitative estimate of drug-likeness (QED) is 0.550. The molecule has 8 nitrogen and oxygen atoms in total. The highest BCUT2D eigenvalue weighted by Gasteiger charge is 2.51. The molecule has 6 rings (SSSR count). The van der Waals surface area contributed by atoms with E-state index in [-0.39, 0.29) is 17.3 Å². The Morgan fingerprint density at radius 3 is 2.75 bits per heavy atom. The molecular weight excluding hydrogens is 459 g/mol. The number of nitrogens with zero attached hydrogens (tertiary/aromatic N) is 6. The van der Waals surface area contributed by atoms with Crippen LogP contribution in [0.25, 0.3) is 22.0 Å². The number of hydrogen-bond donors (Lipinski definition) is 0. The van der Waals surface area contributed by atoms with Gasteiger partial charge in [-0.2, -0.15) is 5.10 Å². The second kappa shape index (κ2) is 9.03. The first kappa shape index (κ1) is 23.2. The summed E-state index contributed by atoms with van der Waals surface area (Å²) in [5.74, 6) is 0.501. The molecule has 3 fully saturated rings. The number of pyridine rings is 1. The van der Waals surface area contributed by atoms with Gasteiger partial charge < -0.3 is 14.5 Å². The third kappa shape index (κ3) is 3.99. The first-order valence-corrected chi connectivity index (χ1v) is 12.9. The van der Waals surface area contributed by atoms with Gasteiger partial charge >= 0.3 is 6.09 Å². The van der Waals surface area contributed by atoms with Crippen molar-refractivity contribution in [1.29, 1.82) is 0 Å². The first-order chi connectivity index (χ1) is 17.5. The molecule has 4 heterocycles. The summed E-state index contributed by atoms with van der Waals surface area (Å²) in [4.78, 5) is 23.3. The summed E-state index contributed by atoms with van der Waals surface area (Å²) < 4.78 is 21.4. The second-order valence-corrected chi connectivity index (χ2v) is 10.5. The molecule has 1 aliphatic carbocycles. The minimum Gasteiger partial charge on any atom is -0.450 e. The van der Waals surface area contributed by atoms with Gasteiger partial charge in [0.15, 0.2) is 0 Å². The fourth-order valence-electron chi connectivity index (χ4n) is 6.48. The summed E-state index contributed by atoms with van der Waals surface area (Å²) >= 11 is 0. The Kier molecular flexibility index (Phi) is 5.82. The number of hydrogen-bond acceptors (Lipinski definition) is 6. The van der Waals surface area contributed by atoms with Crippen LogP contribution in [0.15, 0.2) is 36.7 Å². The minimum absolute atomic E-state index is 0.176. The van der Waals surface area contributed by atoms with Gasteiger partial charge in [0.1, 0.15) is 11.6 Å². The second-order valence-electron chi connectivity index (χ2n) is 10.5. The molecule has 2 saturated heterocycles. The zero-order valence-corrected chi connectivity index (χ0v) is 21.0. The molecule has 190 valence electrons. The Hall–Kier alpha value is -3.20. The molecular formula is C27H33FN6O2. The van der Waals surface area contributed by atoms with Gasteiger partial charge in [-0.1, -0.05) is 12.1 Å². The molecule has 0 N–H and O–H groups in total. The van der Waals surface area contributed by atoms with Gasteiger partial charge in [-0.25, -0.2) is 14.2 Å². The number of amides is 1. The molecule has 1 atom stereocenters. The van der Waals surface area contributed by atoms with Gasteiger partial charge in [0.2, 0.25) is 0 Å². The third-order valence-corrected chi connectivity index (χ3v) is 8.30. The zero-order chi connectivity index (χ0) is 24.9. The molecule has 0 radical (unpaired) electrons. The van der Waals surface area contributed by atoms with E-state index in [1.807, 2.05) is 47.9 Å². The smallest absolute Gasteiger partial charge is 0.409 e. The van der Waals surface area contributed by atoms with Crippen molar-refractivity contribution in [2.24, 2.45) is 12.5 Å². The summed E-state index contributed by atoms with van der Waals surface area (Å²) in [6.45, 7) is 7.55. The average molecular weight is 493 g/mol. The maximum Gasteiger partial charge on any atom is 0.409 e.